The van der Waals surface area contributed by atoms with E-state index in [1.807, 2.05) is 0 Å². The van der Waals surface area contributed by atoms with Crippen LogP contribution in [0.4, 0.5) is 0 Å². The number of rotatable bonds is 4. The predicted molar refractivity (Wildman–Crippen MR) is 258 cm³/mol. The predicted octanol–water partition coefficient (Wildman–Crippen LogP) is 16.9. The van der Waals surface area contributed by atoms with Crippen molar-refractivity contribution in [2.24, 2.45) is 0 Å². The summed E-state index contributed by atoms with van der Waals surface area (Å²) in [5, 5.41) is 15.4. The second kappa shape index (κ2) is 12.9. The van der Waals surface area contributed by atoms with Gasteiger partial charge in [-0.3, -0.25) is 0 Å². The molecule has 0 aromatic heterocycles. The average Bonchev–Trinajstić information content (AvgIpc) is 3.65. The molecule has 13 rings (SSSR count). The molecule has 0 atom stereocenters. The fourth-order valence-corrected chi connectivity index (χ4v) is 10.2. The Kier molecular flexibility index (Phi) is 7.11. The molecule has 0 unspecified atom stereocenters. The Labute approximate surface area is 348 Å². The number of fused-ring (bicyclic) bond motifs is 10. The van der Waals surface area contributed by atoms with Gasteiger partial charge in [-0.05, 0) is 168 Å². The molecule has 0 saturated carbocycles. The van der Waals surface area contributed by atoms with Crippen molar-refractivity contribution in [1.29, 1.82) is 0 Å². The van der Waals surface area contributed by atoms with Crippen molar-refractivity contribution in [2.45, 2.75) is 0 Å². The number of hydrogen-bond donors (Lipinski definition) is 0. The Morgan fingerprint density at radius 1 is 0.167 bits per heavy atom. The van der Waals surface area contributed by atoms with Crippen LogP contribution in [0.1, 0.15) is 0 Å². The molecule has 1 aliphatic rings. The summed E-state index contributed by atoms with van der Waals surface area (Å²) >= 11 is 0. The highest BCUT2D eigenvalue weighted by Gasteiger charge is 2.22. The van der Waals surface area contributed by atoms with Gasteiger partial charge in [-0.2, -0.15) is 0 Å². The Morgan fingerprint density at radius 3 is 1.32 bits per heavy atom. The smallest absolute Gasteiger partial charge is 0.00201 e. The first-order chi connectivity index (χ1) is 29.7. The average molecular weight is 757 g/mol. The molecule has 0 nitrogen and oxygen atoms in total. The zero-order chi connectivity index (χ0) is 39.3. The molecule has 12 aromatic carbocycles. The largest absolute Gasteiger partial charge is 0.0616 e. The second-order valence-corrected chi connectivity index (χ2v) is 16.4. The van der Waals surface area contributed by atoms with Crippen molar-refractivity contribution < 1.29 is 0 Å². The van der Waals surface area contributed by atoms with Gasteiger partial charge in [-0.25, -0.2) is 0 Å². The highest BCUT2D eigenvalue weighted by Crippen LogP contribution is 2.49. The summed E-state index contributed by atoms with van der Waals surface area (Å²) in [6.07, 6.45) is 0. The quantitative estimate of drug-likeness (QED) is 0.157. The minimum absolute atomic E-state index is 1.21. The third-order valence-electron chi connectivity index (χ3n) is 13.1. The van der Waals surface area contributed by atoms with Gasteiger partial charge >= 0.3 is 0 Å². The molecule has 12 aromatic rings. The van der Waals surface area contributed by atoms with Gasteiger partial charge in [0.1, 0.15) is 0 Å². The van der Waals surface area contributed by atoms with E-state index in [1.54, 1.807) is 0 Å². The molecule has 0 radical (unpaired) electrons. The van der Waals surface area contributed by atoms with Crippen LogP contribution in [0.15, 0.2) is 218 Å². The van der Waals surface area contributed by atoms with Gasteiger partial charge < -0.3 is 0 Å². The Balaban J connectivity index is 0.877. The normalized spacial score (nSPS) is 12.0. The van der Waals surface area contributed by atoms with Gasteiger partial charge in [0.25, 0.3) is 0 Å². The van der Waals surface area contributed by atoms with E-state index in [0.717, 1.165) is 0 Å². The maximum Gasteiger partial charge on any atom is -0.00201 e. The van der Waals surface area contributed by atoms with E-state index in [-0.39, 0.29) is 0 Å². The third kappa shape index (κ3) is 5.04. The molecular formula is C60H36. The molecule has 0 bridgehead atoms. The summed E-state index contributed by atoms with van der Waals surface area (Å²) in [5.74, 6) is 0. The van der Waals surface area contributed by atoms with Gasteiger partial charge in [0, 0.05) is 0 Å². The van der Waals surface area contributed by atoms with Crippen LogP contribution in [0.5, 0.6) is 0 Å². The van der Waals surface area contributed by atoms with Crippen LogP contribution in [0, 0.1) is 0 Å². The fraction of sp³-hybridized carbons (Fsp3) is 0. The summed E-state index contributed by atoms with van der Waals surface area (Å²) in [5.41, 5.74) is 15.2. The lowest BCUT2D eigenvalue weighted by molar-refractivity contribution is 1.61. The Hall–Kier alpha value is -7.80. The zero-order valence-electron chi connectivity index (χ0n) is 32.8. The standard InChI is InChI=1S/C60H36/c1-3-13-50-39(9-1)27-28-57-58(36-44-10-2-4-14-51(44)59(50)57)46-26-22-38-20-24-43(33-48(38)35-46)41-12-7-11-40(31-41)42-23-19-37-21-25-45(34-47(37)32-42)49-29-30-56-53-16-6-5-15-52(53)55-18-8-17-54(49)60(55)56/h1-36H. The zero-order valence-corrected chi connectivity index (χ0v) is 32.8. The van der Waals surface area contributed by atoms with E-state index in [4.69, 9.17) is 0 Å². The van der Waals surface area contributed by atoms with Gasteiger partial charge in [0.2, 0.25) is 0 Å². The lowest BCUT2D eigenvalue weighted by atomic mass is 9.89. The molecule has 0 N–H and O–H groups in total. The van der Waals surface area contributed by atoms with E-state index in [2.05, 4.69) is 218 Å². The van der Waals surface area contributed by atoms with Crippen molar-refractivity contribution >= 4 is 64.6 Å². The van der Waals surface area contributed by atoms with Crippen molar-refractivity contribution in [2.75, 3.05) is 0 Å². The van der Waals surface area contributed by atoms with Crippen LogP contribution >= 0.6 is 0 Å². The summed E-state index contributed by atoms with van der Waals surface area (Å²) in [6.45, 7) is 0. The first-order valence-corrected chi connectivity index (χ1v) is 20.9. The van der Waals surface area contributed by atoms with Crippen LogP contribution in [-0.4, -0.2) is 0 Å². The van der Waals surface area contributed by atoms with E-state index in [0.29, 0.717) is 0 Å². The van der Waals surface area contributed by atoms with Crippen LogP contribution in [0.2, 0.25) is 0 Å². The number of benzene rings is 12. The summed E-state index contributed by atoms with van der Waals surface area (Å²) in [4.78, 5) is 0. The van der Waals surface area contributed by atoms with Crippen molar-refractivity contribution in [3.63, 3.8) is 0 Å². The third-order valence-corrected chi connectivity index (χ3v) is 13.1. The molecule has 0 heterocycles. The highest BCUT2D eigenvalue weighted by atomic mass is 14.3. The molecule has 0 amide bonds. The SMILES string of the molecule is c1cc(-c2ccc3ccc(-c4ccc5c6c(cccc46)-c4ccccc4-5)cc3c2)cc(-c2ccc3ccc(-c4cc5ccccc5c5c4ccc4ccccc45)cc3c2)c1. The van der Waals surface area contributed by atoms with E-state index in [1.165, 1.54) is 131 Å². The topological polar surface area (TPSA) is 0 Å². The van der Waals surface area contributed by atoms with Crippen LogP contribution < -0.4 is 0 Å². The van der Waals surface area contributed by atoms with Gasteiger partial charge in [0.15, 0.2) is 0 Å². The maximum absolute atomic E-state index is 2.38. The lowest BCUT2D eigenvalue weighted by Crippen LogP contribution is -1.87. The van der Waals surface area contributed by atoms with Crippen molar-refractivity contribution in [3.8, 4) is 66.8 Å². The van der Waals surface area contributed by atoms with Crippen LogP contribution in [0.25, 0.3) is 131 Å². The van der Waals surface area contributed by atoms with Gasteiger partial charge in [0.05, 0.1) is 0 Å². The fourth-order valence-electron chi connectivity index (χ4n) is 10.2. The van der Waals surface area contributed by atoms with Crippen LogP contribution in [0.3, 0.4) is 0 Å². The molecule has 60 heavy (non-hydrogen) atoms. The molecule has 276 valence electrons. The van der Waals surface area contributed by atoms with Gasteiger partial charge in [-0.1, -0.05) is 182 Å². The molecule has 0 fully saturated rings. The minimum Gasteiger partial charge on any atom is -0.0616 e. The summed E-state index contributed by atoms with van der Waals surface area (Å²) in [7, 11) is 0. The van der Waals surface area contributed by atoms with Crippen molar-refractivity contribution in [3.05, 3.63) is 218 Å². The van der Waals surface area contributed by atoms with Crippen LogP contribution in [-0.2, 0) is 0 Å². The molecule has 0 saturated heterocycles. The Morgan fingerprint density at radius 2 is 0.617 bits per heavy atom. The van der Waals surface area contributed by atoms with E-state index in [9.17, 15) is 0 Å². The molecule has 0 aliphatic heterocycles. The first kappa shape index (κ1) is 33.2. The molecular weight excluding hydrogens is 721 g/mol. The lowest BCUT2D eigenvalue weighted by Gasteiger charge is -2.14. The monoisotopic (exact) mass is 756 g/mol. The minimum atomic E-state index is 1.21. The van der Waals surface area contributed by atoms with E-state index < -0.39 is 0 Å². The van der Waals surface area contributed by atoms with Gasteiger partial charge in [-0.15, -0.1) is 0 Å². The molecule has 0 spiro atoms. The molecule has 0 heteroatoms. The molecule has 1 aliphatic carbocycles. The highest BCUT2D eigenvalue weighted by molar-refractivity contribution is 6.24. The Bertz CT molecular complexity index is 3730. The summed E-state index contributed by atoms with van der Waals surface area (Å²) in [6, 6.07) is 81.4. The second-order valence-electron chi connectivity index (χ2n) is 16.4. The maximum atomic E-state index is 2.38. The van der Waals surface area contributed by atoms with Crippen molar-refractivity contribution in [1.82, 2.24) is 0 Å². The summed E-state index contributed by atoms with van der Waals surface area (Å²) < 4.78 is 0. The first-order valence-electron chi connectivity index (χ1n) is 20.9. The number of hydrogen-bond acceptors (Lipinski definition) is 0. The van der Waals surface area contributed by atoms with E-state index >= 15 is 0 Å².